The molecule has 100 valence electrons. The highest BCUT2D eigenvalue weighted by Crippen LogP contribution is 2.28. The number of hydrogen-bond acceptors (Lipinski definition) is 4. The highest BCUT2D eigenvalue weighted by molar-refractivity contribution is 9.10. The van der Waals surface area contributed by atoms with E-state index in [9.17, 15) is 0 Å². The van der Waals surface area contributed by atoms with Crippen LogP contribution >= 0.6 is 15.9 Å². The molecule has 19 heavy (non-hydrogen) atoms. The van der Waals surface area contributed by atoms with Gasteiger partial charge in [0.25, 0.3) is 0 Å². The number of anilines is 2. The van der Waals surface area contributed by atoms with Crippen molar-refractivity contribution >= 4 is 27.4 Å². The second-order valence-electron chi connectivity index (χ2n) is 4.05. The molecule has 1 N–H and O–H groups in total. The minimum absolute atomic E-state index is 0.733. The van der Waals surface area contributed by atoms with Crippen molar-refractivity contribution in [3.8, 4) is 11.5 Å². The van der Waals surface area contributed by atoms with Gasteiger partial charge in [-0.2, -0.15) is 0 Å². The van der Waals surface area contributed by atoms with Gasteiger partial charge in [-0.1, -0.05) is 0 Å². The zero-order valence-electron chi connectivity index (χ0n) is 11.0. The van der Waals surface area contributed by atoms with Crippen molar-refractivity contribution in [1.29, 1.82) is 0 Å². The van der Waals surface area contributed by atoms with Crippen LogP contribution in [-0.4, -0.2) is 19.2 Å². The topological polar surface area (TPSA) is 43.4 Å². The highest BCUT2D eigenvalue weighted by atomic mass is 79.9. The first-order valence-corrected chi connectivity index (χ1v) is 6.54. The van der Waals surface area contributed by atoms with Crippen molar-refractivity contribution in [2.75, 3.05) is 19.5 Å². The second-order valence-corrected chi connectivity index (χ2v) is 4.96. The van der Waals surface area contributed by atoms with Crippen LogP contribution < -0.4 is 14.8 Å². The molecule has 1 heterocycles. The maximum absolute atomic E-state index is 5.24. The van der Waals surface area contributed by atoms with E-state index in [1.807, 2.05) is 31.2 Å². The maximum Gasteiger partial charge on any atom is 0.133 e. The van der Waals surface area contributed by atoms with E-state index < -0.39 is 0 Å². The molecule has 1 aromatic heterocycles. The molecule has 5 heteroatoms. The monoisotopic (exact) mass is 322 g/mol. The summed E-state index contributed by atoms with van der Waals surface area (Å²) in [6.07, 6.45) is 1.76. The van der Waals surface area contributed by atoms with Gasteiger partial charge in [-0.25, -0.2) is 4.98 Å². The Hall–Kier alpha value is -1.75. The Kier molecular flexibility index (Phi) is 4.27. The third-order valence-corrected chi connectivity index (χ3v) is 3.09. The van der Waals surface area contributed by atoms with Gasteiger partial charge in [-0.05, 0) is 34.5 Å². The molecule has 1 aromatic carbocycles. The van der Waals surface area contributed by atoms with Crippen molar-refractivity contribution in [1.82, 2.24) is 4.98 Å². The van der Waals surface area contributed by atoms with Crippen LogP contribution in [0.3, 0.4) is 0 Å². The fourth-order valence-electron chi connectivity index (χ4n) is 1.69. The Morgan fingerprint density at radius 3 is 2.21 bits per heavy atom. The maximum atomic E-state index is 5.24. The molecule has 0 unspecified atom stereocenters. The van der Waals surface area contributed by atoms with Crippen LogP contribution in [0.1, 0.15) is 5.56 Å². The molecule has 0 aliphatic heterocycles. The number of benzene rings is 1. The van der Waals surface area contributed by atoms with Crippen LogP contribution in [0.4, 0.5) is 11.5 Å². The summed E-state index contributed by atoms with van der Waals surface area (Å²) in [5.74, 6) is 2.27. The number of aryl methyl sites for hydroxylation is 1. The first-order chi connectivity index (χ1) is 9.12. The lowest BCUT2D eigenvalue weighted by atomic mass is 10.2. The van der Waals surface area contributed by atoms with Crippen molar-refractivity contribution in [3.05, 3.63) is 40.5 Å². The summed E-state index contributed by atoms with van der Waals surface area (Å²) >= 11 is 3.40. The predicted octanol–water partition coefficient (Wildman–Crippen LogP) is 3.91. The average molecular weight is 323 g/mol. The number of ether oxygens (including phenoxy) is 2. The number of pyridine rings is 1. The molecule has 0 saturated carbocycles. The van der Waals surface area contributed by atoms with Gasteiger partial charge >= 0.3 is 0 Å². The molecule has 0 spiro atoms. The van der Waals surface area contributed by atoms with Gasteiger partial charge in [0.15, 0.2) is 0 Å². The molecule has 2 aromatic rings. The van der Waals surface area contributed by atoms with Crippen molar-refractivity contribution in [2.45, 2.75) is 6.92 Å². The molecular weight excluding hydrogens is 308 g/mol. The molecule has 4 nitrogen and oxygen atoms in total. The number of rotatable bonds is 4. The van der Waals surface area contributed by atoms with Crippen LogP contribution in [0.25, 0.3) is 0 Å². The number of aromatic nitrogens is 1. The Morgan fingerprint density at radius 1 is 1.05 bits per heavy atom. The Labute approximate surface area is 120 Å². The SMILES string of the molecule is COc1cc(Nc2ncc(Br)cc2C)cc(OC)c1. The summed E-state index contributed by atoms with van der Waals surface area (Å²) in [7, 11) is 3.25. The minimum atomic E-state index is 0.733. The standard InChI is InChI=1S/C14H15BrN2O2/c1-9-4-10(15)8-16-14(9)17-11-5-12(18-2)7-13(6-11)19-3/h4-8H,1-3H3,(H,16,17). The smallest absolute Gasteiger partial charge is 0.133 e. The molecule has 0 fully saturated rings. The van der Waals surface area contributed by atoms with Crippen LogP contribution in [-0.2, 0) is 0 Å². The normalized spacial score (nSPS) is 10.1. The Bertz CT molecular complexity index is 565. The van der Waals surface area contributed by atoms with Gasteiger partial charge in [0.05, 0.1) is 14.2 Å². The van der Waals surface area contributed by atoms with E-state index in [0.29, 0.717) is 0 Å². The van der Waals surface area contributed by atoms with Crippen LogP contribution in [0.15, 0.2) is 34.9 Å². The minimum Gasteiger partial charge on any atom is -0.497 e. The van der Waals surface area contributed by atoms with Gasteiger partial charge in [-0.15, -0.1) is 0 Å². The molecule has 0 amide bonds. The third-order valence-electron chi connectivity index (χ3n) is 2.66. The van der Waals surface area contributed by atoms with Crippen molar-refractivity contribution in [3.63, 3.8) is 0 Å². The number of hydrogen-bond donors (Lipinski definition) is 1. The van der Waals surface area contributed by atoms with E-state index in [-0.39, 0.29) is 0 Å². The number of methoxy groups -OCH3 is 2. The Morgan fingerprint density at radius 2 is 1.68 bits per heavy atom. The van der Waals surface area contributed by atoms with E-state index in [1.165, 1.54) is 0 Å². The van der Waals surface area contributed by atoms with Crippen molar-refractivity contribution in [2.24, 2.45) is 0 Å². The summed E-state index contributed by atoms with van der Waals surface area (Å²) in [5, 5.41) is 3.26. The summed E-state index contributed by atoms with van der Waals surface area (Å²) in [5.41, 5.74) is 1.92. The lowest BCUT2D eigenvalue weighted by Crippen LogP contribution is -1.97. The largest absolute Gasteiger partial charge is 0.497 e. The van der Waals surface area contributed by atoms with E-state index in [1.54, 1.807) is 20.4 Å². The van der Waals surface area contributed by atoms with E-state index in [4.69, 9.17) is 9.47 Å². The average Bonchev–Trinajstić information content (AvgIpc) is 2.41. The predicted molar refractivity (Wildman–Crippen MR) is 79.5 cm³/mol. The lowest BCUT2D eigenvalue weighted by molar-refractivity contribution is 0.395. The fraction of sp³-hybridized carbons (Fsp3) is 0.214. The molecule has 0 aliphatic carbocycles. The van der Waals surface area contributed by atoms with E-state index in [2.05, 4.69) is 26.2 Å². The van der Waals surface area contributed by atoms with Gasteiger partial charge in [-0.3, -0.25) is 0 Å². The zero-order valence-corrected chi connectivity index (χ0v) is 12.6. The first kappa shape index (κ1) is 13.7. The second kappa shape index (κ2) is 5.93. The quantitative estimate of drug-likeness (QED) is 0.926. The number of nitrogens with zero attached hydrogens (tertiary/aromatic N) is 1. The van der Waals surface area contributed by atoms with E-state index in [0.717, 1.165) is 33.0 Å². The van der Waals surface area contributed by atoms with E-state index >= 15 is 0 Å². The molecule has 0 saturated heterocycles. The van der Waals surface area contributed by atoms with Gasteiger partial charge in [0.2, 0.25) is 0 Å². The molecular formula is C14H15BrN2O2. The zero-order chi connectivity index (χ0) is 13.8. The molecule has 0 atom stereocenters. The molecule has 0 radical (unpaired) electrons. The molecule has 0 aliphatic rings. The van der Waals surface area contributed by atoms with Crippen LogP contribution in [0, 0.1) is 6.92 Å². The lowest BCUT2D eigenvalue weighted by Gasteiger charge is -2.11. The first-order valence-electron chi connectivity index (χ1n) is 5.74. The summed E-state index contributed by atoms with van der Waals surface area (Å²) in [4.78, 5) is 4.34. The molecule has 2 rings (SSSR count). The number of nitrogens with one attached hydrogen (secondary N) is 1. The van der Waals surface area contributed by atoms with Gasteiger partial charge < -0.3 is 14.8 Å². The summed E-state index contributed by atoms with van der Waals surface area (Å²) in [6.45, 7) is 2.00. The van der Waals surface area contributed by atoms with Crippen LogP contribution in [0.5, 0.6) is 11.5 Å². The van der Waals surface area contributed by atoms with Crippen LogP contribution in [0.2, 0.25) is 0 Å². The fourth-order valence-corrected chi connectivity index (χ4v) is 2.13. The van der Waals surface area contributed by atoms with Gasteiger partial charge in [0.1, 0.15) is 17.3 Å². The number of halogens is 1. The highest BCUT2D eigenvalue weighted by Gasteiger charge is 2.05. The summed E-state index contributed by atoms with van der Waals surface area (Å²) < 4.78 is 11.4. The van der Waals surface area contributed by atoms with Crippen molar-refractivity contribution < 1.29 is 9.47 Å². The van der Waals surface area contributed by atoms with Gasteiger partial charge in [0, 0.05) is 34.6 Å². The summed E-state index contributed by atoms with van der Waals surface area (Å²) in [6, 6.07) is 7.62. The Balaban J connectivity index is 2.31. The third kappa shape index (κ3) is 3.38. The molecule has 0 bridgehead atoms.